The Morgan fingerprint density at radius 3 is 2.68 bits per heavy atom. The Kier molecular flexibility index (Phi) is 5.93. The summed E-state index contributed by atoms with van der Waals surface area (Å²) in [5.74, 6) is 0.320. The van der Waals surface area contributed by atoms with Crippen molar-refractivity contribution in [3.8, 4) is 11.5 Å². The summed E-state index contributed by atoms with van der Waals surface area (Å²) in [6.07, 6.45) is 1.48. The number of nitrogens with one attached hydrogen (secondary N) is 1. The molecule has 7 heteroatoms. The zero-order valence-electron chi connectivity index (χ0n) is 16.7. The molecular formula is C24H19FN2O4. The third-order valence-corrected chi connectivity index (χ3v) is 4.56. The lowest BCUT2D eigenvalue weighted by Crippen LogP contribution is -2.16. The van der Waals surface area contributed by atoms with E-state index in [1.807, 2.05) is 18.2 Å². The number of hydrazone groups is 1. The van der Waals surface area contributed by atoms with Crippen LogP contribution >= 0.6 is 0 Å². The van der Waals surface area contributed by atoms with E-state index in [1.165, 1.54) is 19.4 Å². The Hall–Kier alpha value is -4.13. The first-order valence-corrected chi connectivity index (χ1v) is 9.50. The standard InChI is InChI=1S/C24H19FN2O4/c1-29-22-12-16(10-11-21(22)30-15-18-7-2-4-8-19(18)25)14-26-27-24(28)23-13-17-6-3-5-9-20(17)31-23/h2-14H,15H2,1H3,(H,27,28)/b26-14+. The number of rotatable bonds is 7. The van der Waals surface area contributed by atoms with Crippen molar-refractivity contribution in [3.63, 3.8) is 0 Å². The van der Waals surface area contributed by atoms with Gasteiger partial charge in [-0.2, -0.15) is 5.10 Å². The second-order valence-electron chi connectivity index (χ2n) is 6.64. The van der Waals surface area contributed by atoms with E-state index in [1.54, 1.807) is 48.5 Å². The lowest BCUT2D eigenvalue weighted by molar-refractivity contribution is 0.0929. The van der Waals surface area contributed by atoms with E-state index in [2.05, 4.69) is 10.5 Å². The van der Waals surface area contributed by atoms with E-state index in [0.29, 0.717) is 28.2 Å². The van der Waals surface area contributed by atoms with Crippen LogP contribution in [0.25, 0.3) is 11.0 Å². The minimum Gasteiger partial charge on any atom is -0.493 e. The summed E-state index contributed by atoms with van der Waals surface area (Å²) >= 11 is 0. The molecule has 0 atom stereocenters. The van der Waals surface area contributed by atoms with Gasteiger partial charge in [-0.1, -0.05) is 36.4 Å². The van der Waals surface area contributed by atoms with Gasteiger partial charge in [0.25, 0.3) is 0 Å². The fraction of sp³-hybridized carbons (Fsp3) is 0.0833. The van der Waals surface area contributed by atoms with Gasteiger partial charge in [0.1, 0.15) is 18.0 Å². The first-order valence-electron chi connectivity index (χ1n) is 9.50. The number of nitrogens with zero attached hydrogens (tertiary/aromatic N) is 1. The molecule has 0 saturated heterocycles. The van der Waals surface area contributed by atoms with Crippen molar-refractivity contribution in [3.05, 3.63) is 95.5 Å². The predicted octanol–water partition coefficient (Wildman–Crippen LogP) is 4.92. The third-order valence-electron chi connectivity index (χ3n) is 4.56. The Morgan fingerprint density at radius 1 is 1.06 bits per heavy atom. The number of hydrogen-bond acceptors (Lipinski definition) is 5. The van der Waals surface area contributed by atoms with Crippen molar-refractivity contribution in [2.24, 2.45) is 5.10 Å². The molecule has 1 N–H and O–H groups in total. The molecule has 0 unspecified atom stereocenters. The molecule has 156 valence electrons. The van der Waals surface area contributed by atoms with Crippen LogP contribution < -0.4 is 14.9 Å². The molecule has 0 radical (unpaired) electrons. The normalized spacial score (nSPS) is 11.0. The highest BCUT2D eigenvalue weighted by Gasteiger charge is 2.11. The molecule has 3 aromatic carbocycles. The Morgan fingerprint density at radius 2 is 1.87 bits per heavy atom. The van der Waals surface area contributed by atoms with Crippen LogP contribution in [0.4, 0.5) is 4.39 Å². The molecule has 0 aliphatic heterocycles. The molecular weight excluding hydrogens is 399 g/mol. The van der Waals surface area contributed by atoms with Gasteiger partial charge in [-0.05, 0) is 42.0 Å². The van der Waals surface area contributed by atoms with Gasteiger partial charge in [-0.15, -0.1) is 0 Å². The van der Waals surface area contributed by atoms with Crippen LogP contribution in [0.2, 0.25) is 0 Å². The second-order valence-corrected chi connectivity index (χ2v) is 6.64. The molecule has 0 bridgehead atoms. The quantitative estimate of drug-likeness (QED) is 0.341. The fourth-order valence-corrected chi connectivity index (χ4v) is 2.97. The van der Waals surface area contributed by atoms with E-state index < -0.39 is 5.91 Å². The minimum absolute atomic E-state index is 0.0734. The number of carbonyl (C=O) groups is 1. The number of fused-ring (bicyclic) bond motifs is 1. The van der Waals surface area contributed by atoms with Crippen LogP contribution in [0.15, 0.2) is 82.3 Å². The molecule has 1 aromatic heterocycles. The molecule has 1 heterocycles. The van der Waals surface area contributed by atoms with Gasteiger partial charge in [0, 0.05) is 10.9 Å². The van der Waals surface area contributed by atoms with Crippen molar-refractivity contribution in [2.45, 2.75) is 6.61 Å². The van der Waals surface area contributed by atoms with Gasteiger partial charge in [0.15, 0.2) is 17.3 Å². The number of methoxy groups -OCH3 is 1. The summed E-state index contributed by atoms with van der Waals surface area (Å²) in [5, 5.41) is 4.81. The lowest BCUT2D eigenvalue weighted by atomic mass is 10.2. The fourth-order valence-electron chi connectivity index (χ4n) is 2.97. The summed E-state index contributed by atoms with van der Waals surface area (Å²) in [6, 6.07) is 20.6. The molecule has 31 heavy (non-hydrogen) atoms. The molecule has 0 fully saturated rings. The third kappa shape index (κ3) is 4.72. The zero-order chi connectivity index (χ0) is 21.6. The number of para-hydroxylation sites is 1. The molecule has 4 aromatic rings. The van der Waals surface area contributed by atoms with Gasteiger partial charge in [-0.3, -0.25) is 4.79 Å². The van der Waals surface area contributed by atoms with Gasteiger partial charge >= 0.3 is 5.91 Å². The monoisotopic (exact) mass is 418 g/mol. The van der Waals surface area contributed by atoms with Gasteiger partial charge < -0.3 is 13.9 Å². The second kappa shape index (κ2) is 9.13. The Labute approximate surface area is 177 Å². The van der Waals surface area contributed by atoms with Gasteiger partial charge in [0.2, 0.25) is 0 Å². The van der Waals surface area contributed by atoms with E-state index in [4.69, 9.17) is 13.9 Å². The highest BCUT2D eigenvalue weighted by molar-refractivity contribution is 5.96. The zero-order valence-corrected chi connectivity index (χ0v) is 16.7. The molecule has 0 spiro atoms. The highest BCUT2D eigenvalue weighted by Crippen LogP contribution is 2.28. The SMILES string of the molecule is COc1cc(/C=N/NC(=O)c2cc3ccccc3o2)ccc1OCc1ccccc1F. The first kappa shape index (κ1) is 20.2. The Balaban J connectivity index is 1.40. The number of carbonyl (C=O) groups excluding carboxylic acids is 1. The number of benzene rings is 3. The predicted molar refractivity (Wildman–Crippen MR) is 115 cm³/mol. The lowest BCUT2D eigenvalue weighted by Gasteiger charge is -2.11. The maximum atomic E-state index is 13.8. The minimum atomic E-state index is -0.454. The first-order chi connectivity index (χ1) is 15.1. The van der Waals surface area contributed by atoms with E-state index >= 15 is 0 Å². The van der Waals surface area contributed by atoms with Crippen molar-refractivity contribution in [2.75, 3.05) is 7.11 Å². The number of furan rings is 1. The number of hydrogen-bond donors (Lipinski definition) is 1. The topological polar surface area (TPSA) is 73.1 Å². The number of halogens is 1. The summed E-state index contributed by atoms with van der Waals surface area (Å²) < 4.78 is 30.3. The van der Waals surface area contributed by atoms with E-state index in [9.17, 15) is 9.18 Å². The molecule has 1 amide bonds. The maximum Gasteiger partial charge on any atom is 0.307 e. The largest absolute Gasteiger partial charge is 0.493 e. The molecule has 0 aliphatic rings. The van der Waals surface area contributed by atoms with Crippen molar-refractivity contribution in [1.82, 2.24) is 5.43 Å². The summed E-state index contributed by atoms with van der Waals surface area (Å²) in [6.45, 7) is 0.0734. The summed E-state index contributed by atoms with van der Waals surface area (Å²) in [4.78, 5) is 12.2. The van der Waals surface area contributed by atoms with Crippen LogP contribution in [0.3, 0.4) is 0 Å². The molecule has 4 rings (SSSR count). The Bertz CT molecular complexity index is 1220. The smallest absolute Gasteiger partial charge is 0.307 e. The van der Waals surface area contributed by atoms with Crippen molar-refractivity contribution in [1.29, 1.82) is 0 Å². The molecule has 6 nitrogen and oxygen atoms in total. The van der Waals surface area contributed by atoms with Gasteiger partial charge in [-0.25, -0.2) is 9.82 Å². The average molecular weight is 418 g/mol. The van der Waals surface area contributed by atoms with Crippen molar-refractivity contribution >= 4 is 23.1 Å². The van der Waals surface area contributed by atoms with E-state index in [0.717, 1.165) is 5.39 Å². The highest BCUT2D eigenvalue weighted by atomic mass is 19.1. The number of amides is 1. The van der Waals surface area contributed by atoms with Gasteiger partial charge in [0.05, 0.1) is 13.3 Å². The summed E-state index contributed by atoms with van der Waals surface area (Å²) in [7, 11) is 1.51. The summed E-state index contributed by atoms with van der Waals surface area (Å²) in [5.41, 5.74) is 4.20. The van der Waals surface area contributed by atoms with Crippen LogP contribution in [0, 0.1) is 5.82 Å². The number of ether oxygens (including phenoxy) is 2. The van der Waals surface area contributed by atoms with E-state index in [-0.39, 0.29) is 18.2 Å². The maximum absolute atomic E-state index is 13.8. The average Bonchev–Trinajstić information content (AvgIpc) is 3.23. The van der Waals surface area contributed by atoms with Crippen LogP contribution in [0.5, 0.6) is 11.5 Å². The van der Waals surface area contributed by atoms with Crippen LogP contribution in [0.1, 0.15) is 21.7 Å². The van der Waals surface area contributed by atoms with Crippen LogP contribution in [-0.4, -0.2) is 19.2 Å². The molecule has 0 aliphatic carbocycles. The molecule has 0 saturated carbocycles. The van der Waals surface area contributed by atoms with Crippen molar-refractivity contribution < 1.29 is 23.1 Å². The van der Waals surface area contributed by atoms with Crippen LogP contribution in [-0.2, 0) is 6.61 Å².